The van der Waals surface area contributed by atoms with Gasteiger partial charge < -0.3 is 0 Å². The molecule has 34 heavy (non-hydrogen) atoms. The molecule has 0 saturated heterocycles. The number of rotatable bonds is 5. The van der Waals surface area contributed by atoms with Gasteiger partial charge in [-0.15, -0.1) is 0 Å². The molecule has 4 nitrogen and oxygen atoms in total. The standard InChI is InChI=1S/C27H40F2IO4/c1-16(15-27(28,29)24(32)33-5)20-6-7-21-23-22(9-12-26(20,21)4)25(3)11-8-19(34-17(2)31)14-18(25)10-13-30-23/h10,16,19-23H,6-9,11-15H2,1-5H3/q-1/t16-,19+,20-,21+,22?,23+,25+,26-/m1/s1. The Hall–Kier alpha value is -0.730. The molecule has 1 aliphatic heterocycles. The molecule has 1 heterocycles. The van der Waals surface area contributed by atoms with Crippen LogP contribution in [-0.4, -0.2) is 39.4 Å². The van der Waals surface area contributed by atoms with Crippen LogP contribution < -0.4 is 21.2 Å². The number of esters is 2. The number of hydrogen-bond donors (Lipinski definition) is 0. The predicted octanol–water partition coefficient (Wildman–Crippen LogP) is 2.78. The van der Waals surface area contributed by atoms with Gasteiger partial charge in [-0.25, -0.2) is 0 Å². The average molecular weight is 594 g/mol. The van der Waals surface area contributed by atoms with Crippen LogP contribution in [0.2, 0.25) is 0 Å². The van der Waals surface area contributed by atoms with Crippen LogP contribution in [0, 0.1) is 34.5 Å². The molecule has 8 atom stereocenters. The van der Waals surface area contributed by atoms with E-state index in [0.29, 0.717) is 15.8 Å². The summed E-state index contributed by atoms with van der Waals surface area (Å²) >= 11 is -0.0299. The van der Waals surface area contributed by atoms with Gasteiger partial charge in [0.2, 0.25) is 0 Å². The van der Waals surface area contributed by atoms with Gasteiger partial charge in [0.25, 0.3) is 0 Å². The van der Waals surface area contributed by atoms with Crippen LogP contribution in [0.15, 0.2) is 11.6 Å². The Bertz CT molecular complexity index is 844. The second-order valence-corrected chi connectivity index (χ2v) is 14.9. The molecule has 0 aromatic rings. The molecular weight excluding hydrogens is 553 g/mol. The molecule has 0 bridgehead atoms. The number of hydrogen-bond acceptors (Lipinski definition) is 4. The van der Waals surface area contributed by atoms with Crippen LogP contribution >= 0.6 is 0 Å². The Kier molecular flexibility index (Phi) is 7.45. The second kappa shape index (κ2) is 9.62. The molecule has 4 rings (SSSR count). The van der Waals surface area contributed by atoms with Crippen molar-refractivity contribution < 1.29 is 49.0 Å². The summed E-state index contributed by atoms with van der Waals surface area (Å²) in [5.74, 6) is -3.76. The Labute approximate surface area is 213 Å². The van der Waals surface area contributed by atoms with E-state index in [1.54, 1.807) is 0 Å². The Balaban J connectivity index is 1.51. The summed E-state index contributed by atoms with van der Waals surface area (Å²) in [7, 11) is 1.04. The number of carbonyl (C=O) groups excluding carboxylic acids is 2. The number of allylic oxidation sites excluding steroid dienone is 1. The Morgan fingerprint density at radius 3 is 2.59 bits per heavy atom. The third-order valence-corrected chi connectivity index (χ3v) is 13.6. The first-order chi connectivity index (χ1) is 15.9. The Morgan fingerprint density at radius 1 is 1.18 bits per heavy atom. The van der Waals surface area contributed by atoms with Gasteiger partial charge in [-0.2, -0.15) is 0 Å². The van der Waals surface area contributed by atoms with E-state index >= 15 is 0 Å². The molecule has 1 unspecified atom stereocenters. The van der Waals surface area contributed by atoms with Crippen molar-refractivity contribution in [2.45, 2.75) is 95.0 Å². The van der Waals surface area contributed by atoms with Crippen molar-refractivity contribution in [2.75, 3.05) is 11.5 Å². The van der Waals surface area contributed by atoms with E-state index in [2.05, 4.69) is 24.7 Å². The molecule has 4 aliphatic rings. The number of carbonyl (C=O) groups is 2. The fraction of sp³-hybridized carbons (Fsp3) is 0.852. The fourth-order valence-electron chi connectivity index (χ4n) is 8.21. The summed E-state index contributed by atoms with van der Waals surface area (Å²) in [6.45, 7) is 8.23. The minimum atomic E-state index is -3.41. The molecule has 3 saturated carbocycles. The summed E-state index contributed by atoms with van der Waals surface area (Å²) in [5.41, 5.74) is 1.74. The monoisotopic (exact) mass is 593 g/mol. The Morgan fingerprint density at radius 2 is 1.91 bits per heavy atom. The first kappa shape index (κ1) is 26.3. The topological polar surface area (TPSA) is 52.6 Å². The van der Waals surface area contributed by atoms with E-state index in [9.17, 15) is 18.4 Å². The zero-order chi connectivity index (χ0) is 24.9. The number of methoxy groups -OCH3 is 1. The number of alkyl halides is 4. The van der Waals surface area contributed by atoms with Crippen molar-refractivity contribution in [1.82, 2.24) is 0 Å². The predicted molar refractivity (Wildman–Crippen MR) is 122 cm³/mol. The third kappa shape index (κ3) is 4.56. The molecule has 3 aliphatic carbocycles. The van der Waals surface area contributed by atoms with E-state index < -0.39 is 18.3 Å². The van der Waals surface area contributed by atoms with E-state index in [1.165, 1.54) is 12.5 Å². The number of halogens is 3. The van der Waals surface area contributed by atoms with Gasteiger partial charge in [0, 0.05) is 0 Å². The van der Waals surface area contributed by atoms with Crippen LogP contribution in [0.3, 0.4) is 0 Å². The zero-order valence-corrected chi connectivity index (χ0v) is 23.3. The third-order valence-electron chi connectivity index (χ3n) is 9.90. The molecule has 0 spiro atoms. The summed E-state index contributed by atoms with van der Waals surface area (Å²) in [5, 5.41) is 0. The number of fused-ring (bicyclic) bond motifs is 5. The van der Waals surface area contributed by atoms with E-state index in [0.717, 1.165) is 56.5 Å². The first-order valence-electron chi connectivity index (χ1n) is 12.8. The van der Waals surface area contributed by atoms with E-state index in [4.69, 9.17) is 4.74 Å². The summed E-state index contributed by atoms with van der Waals surface area (Å²) in [6.07, 6.45) is 9.27. The van der Waals surface area contributed by atoms with Crippen molar-refractivity contribution in [3.63, 3.8) is 0 Å². The van der Waals surface area contributed by atoms with Crippen LogP contribution in [0.5, 0.6) is 0 Å². The van der Waals surface area contributed by atoms with Crippen molar-refractivity contribution in [3.05, 3.63) is 11.6 Å². The van der Waals surface area contributed by atoms with Gasteiger partial charge in [-0.1, -0.05) is 0 Å². The molecule has 0 aromatic carbocycles. The SMILES string of the molecule is COC(=O)C(F)(F)C[C@@H](C)[C@H]1CC[C@H]2[C@@H]3[I-]CC=C4C[C@@H](OC(C)=O)CC[C@]4(C)C3CC[C@]12C. The zero-order valence-electron chi connectivity index (χ0n) is 21.2. The average Bonchev–Trinajstić information content (AvgIpc) is 3.04. The molecule has 194 valence electrons. The van der Waals surface area contributed by atoms with Crippen LogP contribution in [0.4, 0.5) is 8.78 Å². The molecule has 0 N–H and O–H groups in total. The minimum absolute atomic E-state index is 0.00798. The van der Waals surface area contributed by atoms with Crippen molar-refractivity contribution in [1.29, 1.82) is 0 Å². The fourth-order valence-corrected chi connectivity index (χ4v) is 13.1. The summed E-state index contributed by atoms with van der Waals surface area (Å²) in [6, 6.07) is 0. The second-order valence-electron chi connectivity index (χ2n) is 11.7. The maximum atomic E-state index is 14.4. The van der Waals surface area contributed by atoms with Crippen molar-refractivity contribution >= 4 is 11.9 Å². The summed E-state index contributed by atoms with van der Waals surface area (Å²) < 4.78 is 40.7. The van der Waals surface area contributed by atoms with E-state index in [1.807, 2.05) is 6.92 Å². The quantitative estimate of drug-likeness (QED) is 0.213. The first-order valence-corrected chi connectivity index (χ1v) is 15.6. The van der Waals surface area contributed by atoms with Gasteiger partial charge in [0.1, 0.15) is 0 Å². The van der Waals surface area contributed by atoms with Crippen LogP contribution in [0.1, 0.15) is 79.1 Å². The van der Waals surface area contributed by atoms with E-state index in [-0.39, 0.29) is 55.9 Å². The molecule has 7 heteroatoms. The molecule has 3 fully saturated rings. The van der Waals surface area contributed by atoms with Gasteiger partial charge in [-0.05, 0) is 0 Å². The van der Waals surface area contributed by atoms with Gasteiger partial charge in [-0.3, -0.25) is 0 Å². The van der Waals surface area contributed by atoms with Crippen LogP contribution in [-0.2, 0) is 19.1 Å². The molecule has 0 radical (unpaired) electrons. The van der Waals surface area contributed by atoms with Gasteiger partial charge in [0.05, 0.1) is 0 Å². The normalized spacial score (nSPS) is 40.9. The van der Waals surface area contributed by atoms with Crippen molar-refractivity contribution in [2.24, 2.45) is 34.5 Å². The molecule has 0 amide bonds. The maximum absolute atomic E-state index is 14.4. The van der Waals surface area contributed by atoms with Crippen molar-refractivity contribution in [3.8, 4) is 0 Å². The van der Waals surface area contributed by atoms with Gasteiger partial charge >= 0.3 is 214 Å². The van der Waals surface area contributed by atoms with Gasteiger partial charge in [0.15, 0.2) is 0 Å². The number of ether oxygens (including phenoxy) is 2. The summed E-state index contributed by atoms with van der Waals surface area (Å²) in [4.78, 5) is 23.1. The van der Waals surface area contributed by atoms with Crippen LogP contribution in [0.25, 0.3) is 0 Å². The molecule has 0 aromatic heterocycles. The molecular formula is C27H40F2IO4-.